The molecule has 2 heterocycles. The Kier molecular flexibility index (Phi) is 2.86. The molecule has 0 amide bonds. The number of H-pyrrole nitrogens is 1. The summed E-state index contributed by atoms with van der Waals surface area (Å²) in [6, 6.07) is 0. The van der Waals surface area contributed by atoms with Crippen molar-refractivity contribution in [2.45, 2.75) is 13.0 Å². The van der Waals surface area contributed by atoms with E-state index in [0.717, 1.165) is 17.9 Å². The van der Waals surface area contributed by atoms with Gasteiger partial charge in [0.25, 0.3) is 5.56 Å². The van der Waals surface area contributed by atoms with E-state index in [2.05, 4.69) is 4.98 Å². The van der Waals surface area contributed by atoms with Gasteiger partial charge in [-0.1, -0.05) is 0 Å². The number of nitrogens with two attached hydrogens (primary N) is 1. The van der Waals surface area contributed by atoms with Crippen LogP contribution in [0.25, 0.3) is 0 Å². The molecule has 1 atom stereocenters. The Hall–Kier alpha value is -1.17. The van der Waals surface area contributed by atoms with E-state index >= 15 is 0 Å². The topological polar surface area (TPSA) is 80.9 Å². The molecule has 0 spiro atoms. The van der Waals surface area contributed by atoms with Crippen LogP contribution in [0, 0.1) is 5.92 Å². The van der Waals surface area contributed by atoms with Gasteiger partial charge in [-0.25, -0.2) is 4.79 Å². The van der Waals surface area contributed by atoms with Crippen LogP contribution in [0.1, 0.15) is 6.42 Å². The average Bonchev–Trinajstić information content (AvgIpc) is 2.67. The number of nitrogens with one attached hydrogen (secondary N) is 1. The lowest BCUT2D eigenvalue weighted by Gasteiger charge is -2.10. The first-order valence-corrected chi connectivity index (χ1v) is 5.99. The Morgan fingerprint density at radius 2 is 2.40 bits per heavy atom. The quantitative estimate of drug-likeness (QED) is 0.737. The molecule has 1 aliphatic heterocycles. The van der Waals surface area contributed by atoms with Crippen molar-refractivity contribution in [2.75, 3.05) is 17.2 Å². The van der Waals surface area contributed by atoms with Crippen molar-refractivity contribution in [1.82, 2.24) is 9.55 Å². The monoisotopic (exact) mass is 227 g/mol. The molecule has 1 fully saturated rings. The van der Waals surface area contributed by atoms with Crippen LogP contribution in [0.15, 0.2) is 15.8 Å². The molecular formula is C9H13N3O2S. The number of hydrogen-bond donors (Lipinski definition) is 2. The van der Waals surface area contributed by atoms with Gasteiger partial charge in [0.15, 0.2) is 0 Å². The summed E-state index contributed by atoms with van der Waals surface area (Å²) in [4.78, 5) is 24.7. The van der Waals surface area contributed by atoms with Crippen LogP contribution < -0.4 is 17.0 Å². The molecule has 0 bridgehead atoms. The first-order valence-electron chi connectivity index (χ1n) is 4.84. The third-order valence-corrected chi connectivity index (χ3v) is 3.75. The Bertz CT molecular complexity index is 459. The fraction of sp³-hybridized carbons (Fsp3) is 0.556. The van der Waals surface area contributed by atoms with E-state index in [1.54, 1.807) is 0 Å². The summed E-state index contributed by atoms with van der Waals surface area (Å²) in [6.45, 7) is 0.646. The van der Waals surface area contributed by atoms with E-state index in [-0.39, 0.29) is 11.4 Å². The van der Waals surface area contributed by atoms with Gasteiger partial charge in [0.1, 0.15) is 5.69 Å². The normalized spacial score (nSPS) is 20.7. The second kappa shape index (κ2) is 4.14. The van der Waals surface area contributed by atoms with Crippen molar-refractivity contribution in [3.8, 4) is 0 Å². The van der Waals surface area contributed by atoms with Crippen LogP contribution in [0.3, 0.4) is 0 Å². The molecule has 5 nitrogen and oxygen atoms in total. The summed E-state index contributed by atoms with van der Waals surface area (Å²) in [5, 5.41) is 0. The Morgan fingerprint density at radius 3 is 3.07 bits per heavy atom. The molecule has 1 aromatic rings. The standard InChI is InChI=1S/C9H13N3O2S/c10-7-4-12(9(14)11-8(7)13)3-6-1-2-15-5-6/h4,6H,1-3,5,10H2,(H,11,13,14). The lowest BCUT2D eigenvalue weighted by Crippen LogP contribution is -2.32. The fourth-order valence-electron chi connectivity index (χ4n) is 1.67. The Labute approximate surface area is 90.7 Å². The lowest BCUT2D eigenvalue weighted by atomic mass is 10.1. The lowest BCUT2D eigenvalue weighted by molar-refractivity contribution is 0.476. The number of aromatic amines is 1. The number of aromatic nitrogens is 2. The van der Waals surface area contributed by atoms with Gasteiger partial charge in [-0.3, -0.25) is 14.3 Å². The SMILES string of the molecule is Nc1cn(CC2CCSC2)c(=O)[nH]c1=O. The van der Waals surface area contributed by atoms with E-state index in [9.17, 15) is 9.59 Å². The number of hydrogen-bond acceptors (Lipinski definition) is 4. The second-order valence-corrected chi connectivity index (χ2v) is 4.88. The highest BCUT2D eigenvalue weighted by Gasteiger charge is 2.16. The van der Waals surface area contributed by atoms with Crippen molar-refractivity contribution in [1.29, 1.82) is 0 Å². The molecule has 1 unspecified atom stereocenters. The molecule has 15 heavy (non-hydrogen) atoms. The third kappa shape index (κ3) is 2.26. The van der Waals surface area contributed by atoms with E-state index in [1.807, 2.05) is 11.8 Å². The molecule has 6 heteroatoms. The summed E-state index contributed by atoms with van der Waals surface area (Å²) in [5.74, 6) is 2.74. The van der Waals surface area contributed by atoms with Crippen LogP contribution in [-0.4, -0.2) is 21.1 Å². The predicted molar refractivity (Wildman–Crippen MR) is 61.2 cm³/mol. The summed E-state index contributed by atoms with van der Waals surface area (Å²) in [7, 11) is 0. The molecule has 82 valence electrons. The van der Waals surface area contributed by atoms with E-state index in [4.69, 9.17) is 5.73 Å². The molecule has 0 aromatic carbocycles. The zero-order chi connectivity index (χ0) is 10.8. The van der Waals surface area contributed by atoms with Gasteiger partial charge >= 0.3 is 5.69 Å². The van der Waals surface area contributed by atoms with Crippen molar-refractivity contribution >= 4 is 17.4 Å². The number of anilines is 1. The zero-order valence-electron chi connectivity index (χ0n) is 8.23. The van der Waals surface area contributed by atoms with E-state index in [0.29, 0.717) is 12.5 Å². The summed E-state index contributed by atoms with van der Waals surface area (Å²) in [6.07, 6.45) is 2.56. The number of nitrogen functional groups attached to an aromatic ring is 1. The Balaban J connectivity index is 2.24. The summed E-state index contributed by atoms with van der Waals surface area (Å²) >= 11 is 1.90. The zero-order valence-corrected chi connectivity index (χ0v) is 9.05. The minimum absolute atomic E-state index is 0.0975. The van der Waals surface area contributed by atoms with Crippen molar-refractivity contribution < 1.29 is 0 Å². The van der Waals surface area contributed by atoms with Crippen LogP contribution in [0.4, 0.5) is 5.69 Å². The number of nitrogens with zero attached hydrogens (tertiary/aromatic N) is 1. The van der Waals surface area contributed by atoms with E-state index in [1.165, 1.54) is 10.8 Å². The largest absolute Gasteiger partial charge is 0.393 e. The van der Waals surface area contributed by atoms with Crippen molar-refractivity contribution in [2.24, 2.45) is 5.92 Å². The molecule has 3 N–H and O–H groups in total. The third-order valence-electron chi connectivity index (χ3n) is 2.52. The smallest absolute Gasteiger partial charge is 0.328 e. The second-order valence-electron chi connectivity index (χ2n) is 3.73. The highest BCUT2D eigenvalue weighted by atomic mass is 32.2. The van der Waals surface area contributed by atoms with Crippen LogP contribution >= 0.6 is 11.8 Å². The summed E-state index contributed by atoms with van der Waals surface area (Å²) in [5.41, 5.74) is 4.68. The van der Waals surface area contributed by atoms with Crippen molar-refractivity contribution in [3.63, 3.8) is 0 Å². The minimum Gasteiger partial charge on any atom is -0.393 e. The van der Waals surface area contributed by atoms with Gasteiger partial charge in [-0.15, -0.1) is 0 Å². The molecule has 1 aromatic heterocycles. The molecule has 0 saturated carbocycles. The maximum Gasteiger partial charge on any atom is 0.328 e. The highest BCUT2D eigenvalue weighted by molar-refractivity contribution is 7.99. The van der Waals surface area contributed by atoms with Crippen LogP contribution in [-0.2, 0) is 6.54 Å². The van der Waals surface area contributed by atoms with Gasteiger partial charge < -0.3 is 5.73 Å². The maximum atomic E-state index is 11.4. The highest BCUT2D eigenvalue weighted by Crippen LogP contribution is 2.24. The maximum absolute atomic E-state index is 11.4. The fourth-order valence-corrected chi connectivity index (χ4v) is 2.94. The molecular weight excluding hydrogens is 214 g/mol. The van der Waals surface area contributed by atoms with Gasteiger partial charge in [-0.2, -0.15) is 11.8 Å². The molecule has 1 aliphatic rings. The number of rotatable bonds is 2. The average molecular weight is 227 g/mol. The van der Waals surface area contributed by atoms with Gasteiger partial charge in [-0.05, 0) is 23.8 Å². The molecule has 2 rings (SSSR count). The van der Waals surface area contributed by atoms with Gasteiger partial charge in [0.2, 0.25) is 0 Å². The van der Waals surface area contributed by atoms with Crippen molar-refractivity contribution in [3.05, 3.63) is 27.0 Å². The summed E-state index contributed by atoms with van der Waals surface area (Å²) < 4.78 is 1.49. The first kappa shape index (κ1) is 10.4. The van der Waals surface area contributed by atoms with Crippen LogP contribution in [0.5, 0.6) is 0 Å². The first-order chi connectivity index (χ1) is 7.16. The van der Waals surface area contributed by atoms with Gasteiger partial charge in [0, 0.05) is 12.7 Å². The molecule has 0 aliphatic carbocycles. The van der Waals surface area contributed by atoms with E-state index < -0.39 is 5.56 Å². The van der Waals surface area contributed by atoms with Gasteiger partial charge in [0.05, 0.1) is 0 Å². The van der Waals surface area contributed by atoms with Crippen LogP contribution in [0.2, 0.25) is 0 Å². The minimum atomic E-state index is -0.503. The molecule has 1 saturated heterocycles. The molecule has 0 radical (unpaired) electrons. The Morgan fingerprint density at radius 1 is 1.60 bits per heavy atom. The predicted octanol–water partition coefficient (Wildman–Crippen LogP) is -0.128. The number of thioether (sulfide) groups is 1.